The Kier molecular flexibility index (Phi) is 5.32. The summed E-state index contributed by atoms with van der Waals surface area (Å²) in [6.45, 7) is 4.70. The number of nitrogens with two attached hydrogens (primary N) is 2. The molecule has 0 spiro atoms. The number of halogens is 1. The SMILES string of the molecule is CC1(C)C2OCCCC2C1(N)C(=O)Nc1ccc(NC(N)=O)cc1.Cl. The molecule has 6 N–H and O–H groups in total. The Bertz CT molecular complexity index is 664. The van der Waals surface area contributed by atoms with Gasteiger partial charge in [0.15, 0.2) is 0 Å². The Labute approximate surface area is 153 Å². The standard InChI is InChI=1S/C17H24N4O3.ClH/c1-16(2)13-12(4-3-9-24-13)17(16,19)14(22)20-10-5-7-11(8-6-10)21-15(18)23;/h5-8,12-13H,3-4,9,19H2,1-2H3,(H,20,22)(H3,18,21,23);1H. The minimum Gasteiger partial charge on any atom is -0.377 e. The van der Waals surface area contributed by atoms with Gasteiger partial charge in [0.25, 0.3) is 0 Å². The van der Waals surface area contributed by atoms with Crippen molar-refractivity contribution in [3.8, 4) is 0 Å². The highest BCUT2D eigenvalue weighted by Gasteiger charge is 2.70. The Balaban J connectivity index is 0.00000225. The minimum atomic E-state index is -0.956. The van der Waals surface area contributed by atoms with Crippen LogP contribution in [0.1, 0.15) is 26.7 Å². The van der Waals surface area contributed by atoms with Gasteiger partial charge in [-0.3, -0.25) is 4.79 Å². The van der Waals surface area contributed by atoms with E-state index >= 15 is 0 Å². The molecule has 8 heteroatoms. The highest BCUT2D eigenvalue weighted by molar-refractivity contribution is 6.00. The molecule has 2 aliphatic rings. The van der Waals surface area contributed by atoms with E-state index in [0.29, 0.717) is 11.4 Å². The number of hydrogen-bond acceptors (Lipinski definition) is 4. The number of carbonyl (C=O) groups is 2. The number of fused-ring (bicyclic) bond motifs is 1. The fraction of sp³-hybridized carbons (Fsp3) is 0.529. The zero-order valence-electron chi connectivity index (χ0n) is 14.4. The first-order chi connectivity index (χ1) is 11.3. The van der Waals surface area contributed by atoms with Crippen LogP contribution >= 0.6 is 12.4 Å². The van der Waals surface area contributed by atoms with Crippen molar-refractivity contribution in [2.24, 2.45) is 22.8 Å². The van der Waals surface area contributed by atoms with E-state index in [-0.39, 0.29) is 30.3 Å². The second-order valence-corrected chi connectivity index (χ2v) is 7.15. The van der Waals surface area contributed by atoms with Gasteiger partial charge >= 0.3 is 6.03 Å². The fourth-order valence-corrected chi connectivity index (χ4v) is 4.05. The van der Waals surface area contributed by atoms with Crippen LogP contribution in [0.3, 0.4) is 0 Å². The molecule has 0 radical (unpaired) electrons. The van der Waals surface area contributed by atoms with Crippen molar-refractivity contribution in [1.29, 1.82) is 0 Å². The van der Waals surface area contributed by atoms with Crippen molar-refractivity contribution < 1.29 is 14.3 Å². The van der Waals surface area contributed by atoms with Crippen molar-refractivity contribution in [2.45, 2.75) is 38.3 Å². The van der Waals surface area contributed by atoms with Crippen molar-refractivity contribution in [2.75, 3.05) is 17.2 Å². The molecule has 1 aliphatic carbocycles. The molecule has 3 rings (SSSR count). The van der Waals surface area contributed by atoms with E-state index in [1.54, 1.807) is 24.3 Å². The average Bonchev–Trinajstić information content (AvgIpc) is 2.55. The average molecular weight is 369 g/mol. The third kappa shape index (κ3) is 3.07. The van der Waals surface area contributed by atoms with Crippen LogP contribution in [0.15, 0.2) is 24.3 Å². The zero-order chi connectivity index (χ0) is 17.5. The molecular weight excluding hydrogens is 344 g/mol. The summed E-state index contributed by atoms with van der Waals surface area (Å²) in [6, 6.07) is 6.11. The molecule has 1 heterocycles. The maximum atomic E-state index is 12.9. The molecule has 2 fully saturated rings. The van der Waals surface area contributed by atoms with Gasteiger partial charge in [-0.15, -0.1) is 12.4 Å². The monoisotopic (exact) mass is 368 g/mol. The van der Waals surface area contributed by atoms with Gasteiger partial charge in [-0.05, 0) is 37.1 Å². The van der Waals surface area contributed by atoms with E-state index in [4.69, 9.17) is 16.2 Å². The summed E-state index contributed by atoms with van der Waals surface area (Å²) in [5.41, 5.74) is 11.4. The maximum absolute atomic E-state index is 12.9. The molecule has 1 saturated carbocycles. The Morgan fingerprint density at radius 2 is 1.72 bits per heavy atom. The van der Waals surface area contributed by atoms with E-state index in [1.165, 1.54) is 0 Å². The Hall–Kier alpha value is -1.83. The summed E-state index contributed by atoms with van der Waals surface area (Å²) in [6.07, 6.45) is 1.86. The van der Waals surface area contributed by atoms with Gasteiger partial charge in [-0.25, -0.2) is 4.79 Å². The first kappa shape index (κ1) is 19.5. The van der Waals surface area contributed by atoms with Crippen LogP contribution < -0.4 is 22.1 Å². The number of carbonyl (C=O) groups excluding carboxylic acids is 2. The van der Waals surface area contributed by atoms with Crippen LogP contribution in [0.5, 0.6) is 0 Å². The van der Waals surface area contributed by atoms with Gasteiger partial charge in [0.2, 0.25) is 5.91 Å². The molecule has 1 aliphatic heterocycles. The molecule has 1 aromatic rings. The number of nitrogens with one attached hydrogen (secondary N) is 2. The Morgan fingerprint density at radius 3 is 2.28 bits per heavy atom. The predicted octanol–water partition coefficient (Wildman–Crippen LogP) is 2.07. The molecular formula is C17H25ClN4O3. The minimum absolute atomic E-state index is 0. The lowest BCUT2D eigenvalue weighted by molar-refractivity contribution is -0.222. The van der Waals surface area contributed by atoms with Gasteiger partial charge in [0, 0.05) is 29.3 Å². The van der Waals surface area contributed by atoms with Crippen LogP contribution in [0, 0.1) is 11.3 Å². The topological polar surface area (TPSA) is 119 Å². The van der Waals surface area contributed by atoms with E-state index in [2.05, 4.69) is 10.6 Å². The predicted molar refractivity (Wildman–Crippen MR) is 98.7 cm³/mol. The van der Waals surface area contributed by atoms with Crippen LogP contribution in [0.2, 0.25) is 0 Å². The van der Waals surface area contributed by atoms with Crippen molar-refractivity contribution >= 4 is 35.7 Å². The van der Waals surface area contributed by atoms with E-state index in [9.17, 15) is 9.59 Å². The van der Waals surface area contributed by atoms with Crippen molar-refractivity contribution in [3.63, 3.8) is 0 Å². The molecule has 3 unspecified atom stereocenters. The number of benzene rings is 1. The van der Waals surface area contributed by atoms with Crippen LogP contribution in [-0.2, 0) is 9.53 Å². The Morgan fingerprint density at radius 1 is 1.16 bits per heavy atom. The van der Waals surface area contributed by atoms with Gasteiger partial charge < -0.3 is 26.8 Å². The van der Waals surface area contributed by atoms with Gasteiger partial charge in [-0.2, -0.15) is 0 Å². The number of ether oxygens (including phenoxy) is 1. The summed E-state index contributed by atoms with van der Waals surface area (Å²) in [4.78, 5) is 23.7. The maximum Gasteiger partial charge on any atom is 0.316 e. The lowest BCUT2D eigenvalue weighted by atomic mass is 9.46. The normalized spacial score (nSPS) is 29.4. The number of primary amides is 1. The summed E-state index contributed by atoms with van der Waals surface area (Å²) in [5.74, 6) is -0.160. The molecule has 138 valence electrons. The zero-order valence-corrected chi connectivity index (χ0v) is 15.2. The highest BCUT2D eigenvalue weighted by atomic mass is 35.5. The third-order valence-corrected chi connectivity index (χ3v) is 5.47. The van der Waals surface area contributed by atoms with Crippen LogP contribution in [-0.4, -0.2) is 30.2 Å². The second-order valence-electron chi connectivity index (χ2n) is 7.15. The molecule has 3 atom stereocenters. The summed E-state index contributed by atoms with van der Waals surface area (Å²) in [5, 5.41) is 5.36. The second kappa shape index (κ2) is 6.82. The molecule has 0 aromatic heterocycles. The molecule has 1 saturated heterocycles. The summed E-state index contributed by atoms with van der Waals surface area (Å²) >= 11 is 0. The van der Waals surface area contributed by atoms with Gasteiger partial charge in [-0.1, -0.05) is 13.8 Å². The molecule has 25 heavy (non-hydrogen) atoms. The van der Waals surface area contributed by atoms with Gasteiger partial charge in [0.1, 0.15) is 5.54 Å². The lowest BCUT2D eigenvalue weighted by Crippen LogP contribution is -2.81. The highest BCUT2D eigenvalue weighted by Crippen LogP contribution is 2.57. The van der Waals surface area contributed by atoms with Crippen LogP contribution in [0.4, 0.5) is 16.2 Å². The number of rotatable bonds is 3. The fourth-order valence-electron chi connectivity index (χ4n) is 4.05. The number of amides is 3. The number of urea groups is 1. The van der Waals surface area contributed by atoms with Crippen molar-refractivity contribution in [3.05, 3.63) is 24.3 Å². The molecule has 3 amide bonds. The van der Waals surface area contributed by atoms with Crippen molar-refractivity contribution in [1.82, 2.24) is 0 Å². The lowest BCUT2D eigenvalue weighted by Gasteiger charge is -2.65. The largest absolute Gasteiger partial charge is 0.377 e. The summed E-state index contributed by atoms with van der Waals surface area (Å²) in [7, 11) is 0. The number of hydrogen-bond donors (Lipinski definition) is 4. The first-order valence-corrected chi connectivity index (χ1v) is 8.15. The third-order valence-electron chi connectivity index (χ3n) is 5.47. The quantitative estimate of drug-likeness (QED) is 0.652. The summed E-state index contributed by atoms with van der Waals surface area (Å²) < 4.78 is 5.83. The molecule has 7 nitrogen and oxygen atoms in total. The van der Waals surface area contributed by atoms with Gasteiger partial charge in [0.05, 0.1) is 6.10 Å². The number of anilines is 2. The van der Waals surface area contributed by atoms with E-state index in [0.717, 1.165) is 19.4 Å². The smallest absolute Gasteiger partial charge is 0.316 e. The van der Waals surface area contributed by atoms with Crippen LogP contribution in [0.25, 0.3) is 0 Å². The van der Waals surface area contributed by atoms with E-state index in [1.807, 2.05) is 13.8 Å². The molecule has 1 aromatic carbocycles. The molecule has 0 bridgehead atoms. The first-order valence-electron chi connectivity index (χ1n) is 8.15. The van der Waals surface area contributed by atoms with E-state index < -0.39 is 17.0 Å².